The van der Waals surface area contributed by atoms with Gasteiger partial charge in [0.2, 0.25) is 5.91 Å². The largest absolute Gasteiger partial charge is 0.465 e. The van der Waals surface area contributed by atoms with Gasteiger partial charge in [-0.05, 0) is 66.8 Å². The van der Waals surface area contributed by atoms with E-state index in [-0.39, 0.29) is 11.7 Å². The Labute approximate surface area is 189 Å². The number of hydrogen-bond acceptors (Lipinski definition) is 4. The zero-order valence-corrected chi connectivity index (χ0v) is 17.6. The number of nitrogens with one attached hydrogen (secondary N) is 1. The zero-order chi connectivity index (χ0) is 22.3. The molecular weight excluding hydrogens is 426 g/mol. The Morgan fingerprint density at radius 2 is 1.69 bits per heavy atom. The first kappa shape index (κ1) is 21.2. The number of carbonyl (C=O) groups excluding carboxylic acids is 2. The van der Waals surface area contributed by atoms with Crippen molar-refractivity contribution in [3.63, 3.8) is 0 Å². The minimum absolute atomic E-state index is 0.220. The predicted octanol–water partition coefficient (Wildman–Crippen LogP) is 6.74. The third-order valence-electron chi connectivity index (χ3n) is 4.52. The van der Waals surface area contributed by atoms with Crippen molar-refractivity contribution in [1.82, 2.24) is 0 Å². The van der Waals surface area contributed by atoms with Crippen LogP contribution < -0.4 is 5.32 Å². The summed E-state index contributed by atoms with van der Waals surface area (Å²) < 4.78 is 10.9. The molecule has 0 bridgehead atoms. The van der Waals surface area contributed by atoms with Crippen molar-refractivity contribution in [1.29, 1.82) is 0 Å². The Bertz CT molecular complexity index is 1300. The van der Waals surface area contributed by atoms with Crippen LogP contribution in [-0.4, -0.2) is 11.7 Å². The van der Waals surface area contributed by atoms with Gasteiger partial charge < -0.3 is 14.2 Å². The van der Waals surface area contributed by atoms with Crippen LogP contribution in [-0.2, 0) is 4.79 Å². The number of carbonyl (C=O) groups is 2. The molecule has 5 nitrogen and oxygen atoms in total. The van der Waals surface area contributed by atoms with Gasteiger partial charge in [0.1, 0.15) is 17.3 Å². The number of furan rings is 2. The van der Waals surface area contributed by atoms with Gasteiger partial charge in [-0.3, -0.25) is 9.59 Å². The fraction of sp³-hybridized carbons (Fsp3) is 0. The Morgan fingerprint density at radius 1 is 0.844 bits per heavy atom. The smallest absolute Gasteiger partial charge is 0.248 e. The highest BCUT2D eigenvalue weighted by atomic mass is 35.5. The molecule has 1 amide bonds. The van der Waals surface area contributed by atoms with E-state index < -0.39 is 0 Å². The molecule has 0 saturated carbocycles. The van der Waals surface area contributed by atoms with Gasteiger partial charge in [-0.25, -0.2) is 0 Å². The van der Waals surface area contributed by atoms with E-state index in [2.05, 4.69) is 5.32 Å². The average molecular weight is 444 g/mol. The molecule has 2 aromatic heterocycles. The molecule has 0 saturated heterocycles. The molecule has 0 fully saturated rings. The third-order valence-corrected chi connectivity index (χ3v) is 4.85. The standard InChI is InChI=1S/C26H18ClNO4/c27-23-9-2-1-8-22(23)25-14-11-21(32-25)10-13-24(29)18-5-3-6-19(17-18)28-26(30)15-12-20-7-4-16-31-20/h1-17H,(H,28,30)/b13-10+,15-12+. The maximum Gasteiger partial charge on any atom is 0.248 e. The Hall–Kier alpha value is -4.09. The molecule has 0 aliphatic rings. The van der Waals surface area contributed by atoms with Gasteiger partial charge in [-0.15, -0.1) is 0 Å². The summed E-state index contributed by atoms with van der Waals surface area (Å²) in [4.78, 5) is 24.7. The predicted molar refractivity (Wildman–Crippen MR) is 125 cm³/mol. The van der Waals surface area contributed by atoms with Gasteiger partial charge >= 0.3 is 0 Å². The summed E-state index contributed by atoms with van der Waals surface area (Å²) >= 11 is 6.20. The van der Waals surface area contributed by atoms with E-state index in [1.807, 2.05) is 18.2 Å². The van der Waals surface area contributed by atoms with Gasteiger partial charge in [-0.1, -0.05) is 35.9 Å². The second-order valence-electron chi connectivity index (χ2n) is 6.80. The lowest BCUT2D eigenvalue weighted by Gasteiger charge is -2.03. The van der Waals surface area contributed by atoms with Crippen molar-refractivity contribution in [2.24, 2.45) is 0 Å². The van der Waals surface area contributed by atoms with Gasteiger partial charge in [0.15, 0.2) is 5.78 Å². The zero-order valence-electron chi connectivity index (χ0n) is 16.8. The monoisotopic (exact) mass is 443 g/mol. The summed E-state index contributed by atoms with van der Waals surface area (Å²) in [6.45, 7) is 0. The van der Waals surface area contributed by atoms with Crippen molar-refractivity contribution in [2.45, 2.75) is 0 Å². The van der Waals surface area contributed by atoms with Crippen LogP contribution in [0.15, 0.2) is 100 Å². The fourth-order valence-electron chi connectivity index (χ4n) is 2.98. The molecule has 0 unspecified atom stereocenters. The molecule has 0 spiro atoms. The van der Waals surface area contributed by atoms with E-state index in [9.17, 15) is 9.59 Å². The van der Waals surface area contributed by atoms with E-state index in [0.717, 1.165) is 5.56 Å². The third kappa shape index (κ3) is 5.33. The summed E-state index contributed by atoms with van der Waals surface area (Å²) in [6, 6.07) is 21.1. The maximum atomic E-state index is 12.6. The van der Waals surface area contributed by atoms with Crippen LogP contribution in [0.5, 0.6) is 0 Å². The quantitative estimate of drug-likeness (QED) is 0.253. The van der Waals surface area contributed by atoms with Gasteiger partial charge in [-0.2, -0.15) is 0 Å². The molecule has 158 valence electrons. The number of rotatable bonds is 7. The van der Waals surface area contributed by atoms with Crippen LogP contribution in [0, 0.1) is 0 Å². The summed E-state index contributed by atoms with van der Waals surface area (Å²) in [6.07, 6.45) is 7.47. The first-order valence-corrected chi connectivity index (χ1v) is 10.2. The summed E-state index contributed by atoms with van der Waals surface area (Å²) in [5, 5.41) is 3.31. The van der Waals surface area contributed by atoms with E-state index in [1.165, 1.54) is 18.4 Å². The Kier molecular flexibility index (Phi) is 6.49. The van der Waals surface area contributed by atoms with E-state index in [4.69, 9.17) is 20.4 Å². The molecule has 32 heavy (non-hydrogen) atoms. The first-order valence-electron chi connectivity index (χ1n) is 9.78. The highest BCUT2D eigenvalue weighted by Gasteiger charge is 2.08. The van der Waals surface area contributed by atoms with Crippen LogP contribution in [0.1, 0.15) is 21.9 Å². The number of allylic oxidation sites excluding steroid dienone is 1. The molecule has 2 aromatic carbocycles. The van der Waals surface area contributed by atoms with E-state index in [0.29, 0.717) is 33.6 Å². The normalized spacial score (nSPS) is 11.3. The lowest BCUT2D eigenvalue weighted by molar-refractivity contribution is -0.111. The van der Waals surface area contributed by atoms with Crippen molar-refractivity contribution >= 4 is 41.1 Å². The molecule has 6 heteroatoms. The Morgan fingerprint density at radius 3 is 2.50 bits per heavy atom. The first-order chi connectivity index (χ1) is 15.6. The lowest BCUT2D eigenvalue weighted by Crippen LogP contribution is -2.08. The van der Waals surface area contributed by atoms with Crippen molar-refractivity contribution in [2.75, 3.05) is 5.32 Å². The number of ketones is 1. The van der Waals surface area contributed by atoms with Crippen LogP contribution in [0.2, 0.25) is 5.02 Å². The molecular formula is C26H18ClNO4. The van der Waals surface area contributed by atoms with Gasteiger partial charge in [0.25, 0.3) is 0 Å². The fourth-order valence-corrected chi connectivity index (χ4v) is 3.21. The van der Waals surface area contributed by atoms with E-state index in [1.54, 1.807) is 66.7 Å². The minimum Gasteiger partial charge on any atom is -0.465 e. The number of benzene rings is 2. The molecule has 2 heterocycles. The van der Waals surface area contributed by atoms with Crippen LogP contribution in [0.4, 0.5) is 5.69 Å². The Balaban J connectivity index is 1.41. The minimum atomic E-state index is -0.329. The van der Waals surface area contributed by atoms with E-state index >= 15 is 0 Å². The molecule has 4 rings (SSSR count). The van der Waals surface area contributed by atoms with Crippen LogP contribution >= 0.6 is 11.6 Å². The topological polar surface area (TPSA) is 72.5 Å². The lowest BCUT2D eigenvalue weighted by atomic mass is 10.1. The number of halogens is 1. The number of hydrogen-bond donors (Lipinski definition) is 1. The van der Waals surface area contributed by atoms with Crippen LogP contribution in [0.25, 0.3) is 23.5 Å². The summed E-state index contributed by atoms with van der Waals surface area (Å²) in [5.74, 6) is 1.17. The SMILES string of the molecule is O=C(/C=C/c1ccco1)Nc1cccc(C(=O)/C=C/c2ccc(-c3ccccc3Cl)o2)c1. The second-order valence-corrected chi connectivity index (χ2v) is 7.21. The van der Waals surface area contributed by atoms with Crippen LogP contribution in [0.3, 0.4) is 0 Å². The molecule has 0 radical (unpaired) electrons. The summed E-state index contributed by atoms with van der Waals surface area (Å²) in [7, 11) is 0. The molecule has 4 aromatic rings. The number of amides is 1. The molecule has 0 aliphatic heterocycles. The highest BCUT2D eigenvalue weighted by Crippen LogP contribution is 2.29. The van der Waals surface area contributed by atoms with Crippen molar-refractivity contribution in [3.05, 3.63) is 113 Å². The average Bonchev–Trinajstić information content (AvgIpc) is 3.49. The molecule has 1 N–H and O–H groups in total. The van der Waals surface area contributed by atoms with Gasteiger partial charge in [0, 0.05) is 22.9 Å². The van der Waals surface area contributed by atoms with Crippen molar-refractivity contribution in [3.8, 4) is 11.3 Å². The molecule has 0 atom stereocenters. The maximum absolute atomic E-state index is 12.6. The number of anilines is 1. The molecule has 0 aliphatic carbocycles. The summed E-state index contributed by atoms with van der Waals surface area (Å²) in [5.41, 5.74) is 1.73. The van der Waals surface area contributed by atoms with Crippen molar-refractivity contribution < 1.29 is 18.4 Å². The highest BCUT2D eigenvalue weighted by molar-refractivity contribution is 6.33. The van der Waals surface area contributed by atoms with Gasteiger partial charge in [0.05, 0.1) is 11.3 Å². The second kappa shape index (κ2) is 9.81.